The van der Waals surface area contributed by atoms with Gasteiger partial charge < -0.3 is 19.7 Å². The predicted octanol–water partition coefficient (Wildman–Crippen LogP) is 2.37. The quantitative estimate of drug-likeness (QED) is 0.571. The van der Waals surface area contributed by atoms with Crippen LogP contribution in [0.2, 0.25) is 0 Å². The lowest BCUT2D eigenvalue weighted by molar-refractivity contribution is -0.152. The van der Waals surface area contributed by atoms with E-state index in [0.29, 0.717) is 6.42 Å². The highest BCUT2D eigenvalue weighted by Crippen LogP contribution is 2.21. The van der Waals surface area contributed by atoms with Crippen LogP contribution in [0.4, 0.5) is 0 Å². The Kier molecular flexibility index (Phi) is 7.45. The van der Waals surface area contributed by atoms with E-state index in [-0.39, 0.29) is 36.9 Å². The second-order valence-electron chi connectivity index (χ2n) is 6.76. The van der Waals surface area contributed by atoms with Gasteiger partial charge in [0.1, 0.15) is 6.10 Å². The van der Waals surface area contributed by atoms with Gasteiger partial charge >= 0.3 is 5.97 Å². The number of carbonyl (C=O) groups is 1. The van der Waals surface area contributed by atoms with Gasteiger partial charge in [-0.25, -0.2) is 0 Å². The lowest BCUT2D eigenvalue weighted by Gasteiger charge is -2.25. The van der Waals surface area contributed by atoms with Crippen LogP contribution in [0.1, 0.15) is 47.0 Å². The normalized spacial score (nSPS) is 41.3. The average Bonchev–Trinajstić information content (AvgIpc) is 2.44. The lowest BCUT2D eigenvalue weighted by Crippen LogP contribution is -2.28. The molecular formula is C18H30O5. The molecule has 5 heteroatoms. The molecule has 0 saturated carbocycles. The molecule has 0 spiro atoms. The van der Waals surface area contributed by atoms with E-state index in [1.807, 2.05) is 20.8 Å². The van der Waals surface area contributed by atoms with Crippen molar-refractivity contribution in [2.75, 3.05) is 7.11 Å². The molecule has 1 aliphatic heterocycles. The molecule has 1 rings (SSSR count). The van der Waals surface area contributed by atoms with E-state index in [4.69, 9.17) is 9.47 Å². The Morgan fingerprint density at radius 2 is 2.04 bits per heavy atom. The van der Waals surface area contributed by atoms with Crippen LogP contribution in [0.15, 0.2) is 23.8 Å². The van der Waals surface area contributed by atoms with Crippen LogP contribution >= 0.6 is 0 Å². The summed E-state index contributed by atoms with van der Waals surface area (Å²) in [6, 6.07) is 0. The number of aliphatic hydroxyl groups is 2. The minimum atomic E-state index is -1.12. The molecule has 5 nitrogen and oxygen atoms in total. The summed E-state index contributed by atoms with van der Waals surface area (Å²) in [5, 5.41) is 20.6. The van der Waals surface area contributed by atoms with Crippen molar-refractivity contribution >= 4 is 5.97 Å². The molecular weight excluding hydrogens is 296 g/mol. The highest BCUT2D eigenvalue weighted by atomic mass is 16.5. The number of hydrogen-bond acceptors (Lipinski definition) is 5. The zero-order valence-electron chi connectivity index (χ0n) is 14.8. The fourth-order valence-electron chi connectivity index (χ4n) is 2.57. The van der Waals surface area contributed by atoms with Crippen LogP contribution in [-0.2, 0) is 14.3 Å². The Labute approximate surface area is 139 Å². The first kappa shape index (κ1) is 19.9. The standard InChI is InChI=1S/C18H30O5/c1-12-10-15(19)11-13(2)16(22-5)6-8-18(4,21)9-7-17(20)23-14(12)3/h6,8,11-12,14-16,19,21H,7,9-10H2,1-5H3/b8-6+,13-11+/t12-,14+,15?,16-,18+/m0/s1. The van der Waals surface area contributed by atoms with Crippen LogP contribution in [0.3, 0.4) is 0 Å². The van der Waals surface area contributed by atoms with Crippen LogP contribution in [-0.4, -0.2) is 47.2 Å². The summed E-state index contributed by atoms with van der Waals surface area (Å²) in [5.41, 5.74) is -0.242. The Bertz CT molecular complexity index is 452. The van der Waals surface area contributed by atoms with Crippen molar-refractivity contribution < 1.29 is 24.5 Å². The zero-order valence-corrected chi connectivity index (χ0v) is 14.8. The second kappa shape index (κ2) is 8.62. The summed E-state index contributed by atoms with van der Waals surface area (Å²) in [5.74, 6) is -0.308. The first-order chi connectivity index (χ1) is 10.6. The first-order valence-electron chi connectivity index (χ1n) is 8.15. The number of cyclic esters (lactones) is 1. The van der Waals surface area contributed by atoms with Crippen LogP contribution < -0.4 is 0 Å². The van der Waals surface area contributed by atoms with Gasteiger partial charge in [-0.05, 0) is 45.1 Å². The van der Waals surface area contributed by atoms with Crippen molar-refractivity contribution in [2.24, 2.45) is 5.92 Å². The lowest BCUT2D eigenvalue weighted by atomic mass is 9.94. The maximum absolute atomic E-state index is 11.9. The molecule has 0 aliphatic carbocycles. The van der Waals surface area contributed by atoms with E-state index in [2.05, 4.69) is 0 Å². The molecule has 0 fully saturated rings. The van der Waals surface area contributed by atoms with Gasteiger partial charge in [-0.3, -0.25) is 4.79 Å². The number of rotatable bonds is 1. The highest BCUT2D eigenvalue weighted by molar-refractivity contribution is 5.69. The zero-order chi connectivity index (χ0) is 17.6. The molecule has 0 aromatic rings. The van der Waals surface area contributed by atoms with Crippen molar-refractivity contribution in [3.05, 3.63) is 23.8 Å². The number of carbonyl (C=O) groups excluding carboxylic acids is 1. The minimum Gasteiger partial charge on any atom is -0.462 e. The molecule has 0 radical (unpaired) electrons. The Morgan fingerprint density at radius 1 is 1.39 bits per heavy atom. The van der Waals surface area contributed by atoms with Gasteiger partial charge in [0, 0.05) is 13.5 Å². The molecule has 1 unspecified atom stereocenters. The number of aliphatic hydroxyl groups excluding tert-OH is 1. The maximum Gasteiger partial charge on any atom is 0.306 e. The smallest absolute Gasteiger partial charge is 0.306 e. The van der Waals surface area contributed by atoms with E-state index in [1.165, 1.54) is 0 Å². The van der Waals surface area contributed by atoms with Crippen molar-refractivity contribution in [1.29, 1.82) is 0 Å². The topological polar surface area (TPSA) is 76.0 Å². The third kappa shape index (κ3) is 6.85. The fourth-order valence-corrected chi connectivity index (χ4v) is 2.57. The number of methoxy groups -OCH3 is 1. The summed E-state index contributed by atoms with van der Waals surface area (Å²) in [6.07, 6.45) is 4.83. The van der Waals surface area contributed by atoms with Gasteiger partial charge in [-0.2, -0.15) is 0 Å². The van der Waals surface area contributed by atoms with Gasteiger partial charge in [0.25, 0.3) is 0 Å². The number of ether oxygens (including phenoxy) is 2. The Balaban J connectivity index is 3.04. The van der Waals surface area contributed by atoms with E-state index in [1.54, 1.807) is 32.3 Å². The summed E-state index contributed by atoms with van der Waals surface area (Å²) in [6.45, 7) is 7.31. The number of esters is 1. The van der Waals surface area contributed by atoms with E-state index < -0.39 is 11.7 Å². The molecule has 0 aromatic heterocycles. The second-order valence-corrected chi connectivity index (χ2v) is 6.76. The molecule has 0 aromatic carbocycles. The van der Waals surface area contributed by atoms with Crippen LogP contribution in [0.25, 0.3) is 0 Å². The average molecular weight is 326 g/mol. The van der Waals surface area contributed by atoms with Crippen molar-refractivity contribution in [3.8, 4) is 0 Å². The molecule has 2 N–H and O–H groups in total. The summed E-state index contributed by atoms with van der Waals surface area (Å²) in [4.78, 5) is 11.9. The maximum atomic E-state index is 11.9. The summed E-state index contributed by atoms with van der Waals surface area (Å²) < 4.78 is 10.8. The summed E-state index contributed by atoms with van der Waals surface area (Å²) >= 11 is 0. The van der Waals surface area contributed by atoms with Gasteiger partial charge in [0.05, 0.1) is 17.8 Å². The van der Waals surface area contributed by atoms with Crippen LogP contribution in [0, 0.1) is 5.92 Å². The van der Waals surface area contributed by atoms with Gasteiger partial charge in [0.15, 0.2) is 0 Å². The molecule has 23 heavy (non-hydrogen) atoms. The Hall–Kier alpha value is -1.17. The van der Waals surface area contributed by atoms with Gasteiger partial charge in [-0.15, -0.1) is 0 Å². The number of hydrogen-bond donors (Lipinski definition) is 2. The third-order valence-corrected chi connectivity index (χ3v) is 4.36. The molecule has 1 heterocycles. The van der Waals surface area contributed by atoms with Gasteiger partial charge in [0.2, 0.25) is 0 Å². The molecule has 5 atom stereocenters. The predicted molar refractivity (Wildman–Crippen MR) is 88.9 cm³/mol. The molecule has 1 aliphatic rings. The first-order valence-corrected chi connectivity index (χ1v) is 8.15. The largest absolute Gasteiger partial charge is 0.462 e. The molecule has 132 valence electrons. The summed E-state index contributed by atoms with van der Waals surface area (Å²) in [7, 11) is 1.58. The highest BCUT2D eigenvalue weighted by Gasteiger charge is 2.24. The van der Waals surface area contributed by atoms with Crippen molar-refractivity contribution in [2.45, 2.75) is 70.9 Å². The molecule has 0 amide bonds. The monoisotopic (exact) mass is 326 g/mol. The van der Waals surface area contributed by atoms with E-state index in [0.717, 1.165) is 5.57 Å². The Morgan fingerprint density at radius 3 is 2.65 bits per heavy atom. The van der Waals surface area contributed by atoms with E-state index >= 15 is 0 Å². The minimum absolute atomic E-state index is 0.0259. The van der Waals surface area contributed by atoms with Crippen LogP contribution in [0.5, 0.6) is 0 Å². The SMILES string of the molecule is CO[C@H]1/C=C/[C@@](C)(O)CCC(=O)O[C@H](C)[C@@H](C)CC(O)/C=C/1C. The third-order valence-electron chi connectivity index (χ3n) is 4.36. The molecule has 0 bridgehead atoms. The fraction of sp³-hybridized carbons (Fsp3) is 0.722. The molecule has 0 saturated heterocycles. The van der Waals surface area contributed by atoms with Crippen molar-refractivity contribution in [3.63, 3.8) is 0 Å². The van der Waals surface area contributed by atoms with E-state index in [9.17, 15) is 15.0 Å². The van der Waals surface area contributed by atoms with Gasteiger partial charge in [-0.1, -0.05) is 25.2 Å². The van der Waals surface area contributed by atoms with Crippen molar-refractivity contribution in [1.82, 2.24) is 0 Å².